The molecule has 24 heavy (non-hydrogen) atoms. The Labute approximate surface area is 145 Å². The van der Waals surface area contributed by atoms with Crippen LogP contribution >= 0.6 is 11.3 Å². The average Bonchev–Trinajstić information content (AvgIpc) is 3.16. The number of pyridine rings is 1. The Kier molecular flexibility index (Phi) is 3.84. The zero-order chi connectivity index (χ0) is 16.7. The van der Waals surface area contributed by atoms with Gasteiger partial charge in [0, 0.05) is 48.0 Å². The maximum absolute atomic E-state index is 12.7. The fraction of sp³-hybridized carbons (Fsp3) is 0.389. The molecule has 4 rings (SSSR count). The number of aromatic nitrogens is 3. The van der Waals surface area contributed by atoms with E-state index in [1.807, 2.05) is 4.90 Å². The van der Waals surface area contributed by atoms with Crippen molar-refractivity contribution in [3.8, 4) is 0 Å². The summed E-state index contributed by atoms with van der Waals surface area (Å²) < 4.78 is 2.23. The van der Waals surface area contributed by atoms with Gasteiger partial charge in [-0.05, 0) is 38.8 Å². The first-order chi connectivity index (χ1) is 11.6. The van der Waals surface area contributed by atoms with Crippen molar-refractivity contribution in [1.29, 1.82) is 0 Å². The quantitative estimate of drug-likeness (QED) is 0.718. The number of rotatable bonds is 2. The van der Waals surface area contributed by atoms with Gasteiger partial charge < -0.3 is 4.90 Å². The van der Waals surface area contributed by atoms with Gasteiger partial charge in [-0.2, -0.15) is 0 Å². The average molecular weight is 340 g/mol. The van der Waals surface area contributed by atoms with Crippen LogP contribution in [0.2, 0.25) is 0 Å². The number of hydrogen-bond donors (Lipinski definition) is 0. The van der Waals surface area contributed by atoms with Gasteiger partial charge in [0.2, 0.25) is 0 Å². The molecular formula is C18H20N4OS. The van der Waals surface area contributed by atoms with Crippen LogP contribution in [0.3, 0.4) is 0 Å². The number of aryl methyl sites for hydroxylation is 2. The second-order valence-corrected chi connectivity index (χ2v) is 7.25. The van der Waals surface area contributed by atoms with Crippen molar-refractivity contribution in [2.45, 2.75) is 32.6 Å². The number of hydrogen-bond acceptors (Lipinski definition) is 4. The third-order valence-corrected chi connectivity index (χ3v) is 5.82. The predicted molar refractivity (Wildman–Crippen MR) is 94.7 cm³/mol. The highest BCUT2D eigenvalue weighted by molar-refractivity contribution is 7.15. The molecule has 4 heterocycles. The second kappa shape index (κ2) is 6.02. The molecular weight excluding hydrogens is 320 g/mol. The Balaban J connectivity index is 1.62. The summed E-state index contributed by atoms with van der Waals surface area (Å²) in [4.78, 5) is 24.7. The largest absolute Gasteiger partial charge is 0.338 e. The van der Waals surface area contributed by atoms with E-state index in [2.05, 4.69) is 28.6 Å². The van der Waals surface area contributed by atoms with E-state index in [9.17, 15) is 4.79 Å². The van der Waals surface area contributed by atoms with Gasteiger partial charge in [-0.3, -0.25) is 14.2 Å². The zero-order valence-electron chi connectivity index (χ0n) is 13.9. The van der Waals surface area contributed by atoms with Crippen molar-refractivity contribution in [1.82, 2.24) is 19.3 Å². The third kappa shape index (κ3) is 2.51. The maximum atomic E-state index is 12.7. The van der Waals surface area contributed by atoms with Gasteiger partial charge in [-0.1, -0.05) is 0 Å². The first-order valence-electron chi connectivity index (χ1n) is 8.27. The van der Waals surface area contributed by atoms with Gasteiger partial charge in [-0.15, -0.1) is 11.3 Å². The Morgan fingerprint density at radius 1 is 1.29 bits per heavy atom. The van der Waals surface area contributed by atoms with Crippen LogP contribution in [0.1, 0.15) is 46.3 Å². The number of fused-ring (bicyclic) bond motifs is 1. The molecule has 1 saturated heterocycles. The number of likely N-dealkylation sites (tertiary alicyclic amines) is 1. The highest BCUT2D eigenvalue weighted by Gasteiger charge is 2.29. The fourth-order valence-corrected chi connectivity index (χ4v) is 4.69. The van der Waals surface area contributed by atoms with E-state index in [-0.39, 0.29) is 5.91 Å². The lowest BCUT2D eigenvalue weighted by atomic mass is 9.94. The molecule has 3 aromatic rings. The molecule has 0 saturated carbocycles. The standard InChI is InChI=1S/C18H20N4OS/c1-12-11-24-18-16(20-13(2)22(12)18)15-4-3-9-21(10-15)17(23)14-5-7-19-8-6-14/h5-8,11,15H,3-4,9-10H2,1-2H3/t15-/m0/s1. The molecule has 0 aliphatic carbocycles. The lowest BCUT2D eigenvalue weighted by molar-refractivity contribution is 0.0706. The monoisotopic (exact) mass is 340 g/mol. The van der Waals surface area contributed by atoms with E-state index in [0.717, 1.165) is 37.4 Å². The summed E-state index contributed by atoms with van der Waals surface area (Å²) in [5, 5.41) is 2.18. The molecule has 0 radical (unpaired) electrons. The fourth-order valence-electron chi connectivity index (χ4n) is 3.58. The molecule has 1 aliphatic heterocycles. The number of carbonyl (C=O) groups excluding carboxylic acids is 1. The van der Waals surface area contributed by atoms with E-state index in [1.54, 1.807) is 35.9 Å². The Morgan fingerprint density at radius 2 is 2.08 bits per heavy atom. The molecule has 0 bridgehead atoms. The van der Waals surface area contributed by atoms with Crippen LogP contribution in [-0.4, -0.2) is 38.3 Å². The summed E-state index contributed by atoms with van der Waals surface area (Å²) in [5.41, 5.74) is 3.09. The van der Waals surface area contributed by atoms with Crippen LogP contribution in [-0.2, 0) is 0 Å². The van der Waals surface area contributed by atoms with Crippen LogP contribution < -0.4 is 0 Å². The van der Waals surface area contributed by atoms with Gasteiger partial charge in [0.05, 0.1) is 5.69 Å². The van der Waals surface area contributed by atoms with Crippen LogP contribution in [0.25, 0.3) is 4.83 Å². The molecule has 0 N–H and O–H groups in total. The van der Waals surface area contributed by atoms with Crippen molar-refractivity contribution in [3.63, 3.8) is 0 Å². The van der Waals surface area contributed by atoms with Gasteiger partial charge in [0.15, 0.2) is 0 Å². The summed E-state index contributed by atoms with van der Waals surface area (Å²) in [6.45, 7) is 5.72. The minimum Gasteiger partial charge on any atom is -0.338 e. The molecule has 1 aliphatic rings. The van der Waals surface area contributed by atoms with Gasteiger partial charge in [-0.25, -0.2) is 4.98 Å². The number of nitrogens with zero attached hydrogens (tertiary/aromatic N) is 4. The van der Waals surface area contributed by atoms with Crippen molar-refractivity contribution >= 4 is 22.1 Å². The lowest BCUT2D eigenvalue weighted by Crippen LogP contribution is -2.39. The van der Waals surface area contributed by atoms with Crippen LogP contribution in [0.5, 0.6) is 0 Å². The highest BCUT2D eigenvalue weighted by atomic mass is 32.1. The minimum absolute atomic E-state index is 0.0941. The SMILES string of the molecule is Cc1csc2c([C@H]3CCCN(C(=O)c4ccncc4)C3)nc(C)n12. The smallest absolute Gasteiger partial charge is 0.253 e. The number of thiazole rings is 1. The number of imidazole rings is 1. The van der Waals surface area contributed by atoms with Crippen LogP contribution in [0.4, 0.5) is 0 Å². The molecule has 0 unspecified atom stereocenters. The van der Waals surface area contributed by atoms with Crippen LogP contribution in [0.15, 0.2) is 29.9 Å². The molecule has 5 nitrogen and oxygen atoms in total. The number of amides is 1. The summed E-state index contributed by atoms with van der Waals surface area (Å²) >= 11 is 1.75. The summed E-state index contributed by atoms with van der Waals surface area (Å²) in [6.07, 6.45) is 5.45. The molecule has 1 amide bonds. The molecule has 6 heteroatoms. The first kappa shape index (κ1) is 15.3. The molecule has 0 spiro atoms. The van der Waals surface area contributed by atoms with E-state index in [4.69, 9.17) is 4.98 Å². The second-order valence-electron chi connectivity index (χ2n) is 6.39. The van der Waals surface area contributed by atoms with Gasteiger partial charge >= 0.3 is 0 Å². The Hall–Kier alpha value is -2.21. The molecule has 1 fully saturated rings. The Bertz CT molecular complexity index is 883. The maximum Gasteiger partial charge on any atom is 0.253 e. The molecule has 1 atom stereocenters. The van der Waals surface area contributed by atoms with Gasteiger partial charge in [0.25, 0.3) is 5.91 Å². The van der Waals surface area contributed by atoms with E-state index in [0.29, 0.717) is 11.5 Å². The normalized spacial score (nSPS) is 18.2. The summed E-state index contributed by atoms with van der Waals surface area (Å²) in [5.74, 6) is 1.44. The molecule has 3 aromatic heterocycles. The Morgan fingerprint density at radius 3 is 2.88 bits per heavy atom. The minimum atomic E-state index is 0.0941. The predicted octanol–water partition coefficient (Wildman–Crippen LogP) is 3.43. The van der Waals surface area contributed by atoms with Crippen molar-refractivity contribution < 1.29 is 4.79 Å². The van der Waals surface area contributed by atoms with Crippen LogP contribution in [0, 0.1) is 13.8 Å². The van der Waals surface area contributed by atoms with Crippen molar-refractivity contribution in [3.05, 3.63) is 52.7 Å². The molecule has 124 valence electrons. The van der Waals surface area contributed by atoms with E-state index < -0.39 is 0 Å². The van der Waals surface area contributed by atoms with E-state index in [1.165, 1.54) is 10.5 Å². The number of carbonyl (C=O) groups is 1. The summed E-state index contributed by atoms with van der Waals surface area (Å²) in [6, 6.07) is 3.57. The highest BCUT2D eigenvalue weighted by Crippen LogP contribution is 2.33. The first-order valence-corrected chi connectivity index (χ1v) is 9.15. The topological polar surface area (TPSA) is 50.5 Å². The summed E-state index contributed by atoms with van der Waals surface area (Å²) in [7, 11) is 0. The van der Waals surface area contributed by atoms with Crippen molar-refractivity contribution in [2.75, 3.05) is 13.1 Å². The molecule has 0 aromatic carbocycles. The zero-order valence-corrected chi connectivity index (χ0v) is 14.7. The van der Waals surface area contributed by atoms with E-state index >= 15 is 0 Å². The van der Waals surface area contributed by atoms with Gasteiger partial charge in [0.1, 0.15) is 10.7 Å². The third-order valence-electron chi connectivity index (χ3n) is 4.74. The number of piperidine rings is 1. The van der Waals surface area contributed by atoms with Crippen molar-refractivity contribution in [2.24, 2.45) is 0 Å². The lowest BCUT2D eigenvalue weighted by Gasteiger charge is -2.32.